The quantitative estimate of drug-likeness (QED) is 0.825. The first kappa shape index (κ1) is 15.0. The van der Waals surface area contributed by atoms with Crippen molar-refractivity contribution >= 4 is 27.9 Å². The maximum atomic E-state index is 11.6. The molecule has 5 nitrogen and oxygen atoms in total. The molecule has 0 aliphatic rings. The van der Waals surface area contributed by atoms with E-state index in [2.05, 4.69) is 4.72 Å². The molecule has 1 rings (SSSR count). The van der Waals surface area contributed by atoms with E-state index in [-0.39, 0.29) is 10.8 Å². The van der Waals surface area contributed by atoms with E-state index in [1.165, 1.54) is 12.1 Å². The molecule has 1 amide bonds. The lowest BCUT2D eigenvalue weighted by atomic mass is 9.96. The number of carbonyl (C=O) groups is 1. The molecular formula is C11H16N2O3S2. The van der Waals surface area contributed by atoms with Crippen molar-refractivity contribution in [2.75, 3.05) is 0 Å². The Kier molecular flexibility index (Phi) is 4.41. The number of carbonyl (C=O) groups excluding carboxylic acids is 1. The van der Waals surface area contributed by atoms with Gasteiger partial charge in [-0.25, -0.2) is 13.6 Å². The number of rotatable bonds is 3. The predicted octanol–water partition coefficient (Wildman–Crippen LogP) is 1.50. The summed E-state index contributed by atoms with van der Waals surface area (Å²) < 4.78 is 24.8. The average molecular weight is 288 g/mol. The van der Waals surface area contributed by atoms with Crippen molar-refractivity contribution < 1.29 is 13.2 Å². The molecule has 0 saturated heterocycles. The Labute approximate surface area is 111 Å². The third-order valence-electron chi connectivity index (χ3n) is 2.10. The third-order valence-corrected chi connectivity index (χ3v) is 3.82. The fourth-order valence-electron chi connectivity index (χ4n) is 0.956. The van der Waals surface area contributed by atoms with Crippen LogP contribution in [0.1, 0.15) is 20.8 Å². The van der Waals surface area contributed by atoms with Crippen molar-refractivity contribution in [1.82, 2.24) is 4.72 Å². The Morgan fingerprint density at radius 3 is 2.11 bits per heavy atom. The van der Waals surface area contributed by atoms with E-state index in [1.807, 2.05) is 20.8 Å². The number of hydrogen-bond acceptors (Lipinski definition) is 4. The first-order valence-electron chi connectivity index (χ1n) is 5.21. The van der Waals surface area contributed by atoms with E-state index in [0.29, 0.717) is 0 Å². The van der Waals surface area contributed by atoms with Gasteiger partial charge < -0.3 is 0 Å². The van der Waals surface area contributed by atoms with Crippen LogP contribution in [0.4, 0.5) is 0 Å². The highest BCUT2D eigenvalue weighted by Crippen LogP contribution is 2.20. The summed E-state index contributed by atoms with van der Waals surface area (Å²) in [6.07, 6.45) is 0. The lowest BCUT2D eigenvalue weighted by Crippen LogP contribution is -2.30. The molecule has 0 spiro atoms. The molecule has 0 aliphatic carbocycles. The molecule has 100 valence electrons. The van der Waals surface area contributed by atoms with Crippen LogP contribution in [-0.4, -0.2) is 14.3 Å². The van der Waals surface area contributed by atoms with Gasteiger partial charge in [-0.2, -0.15) is 0 Å². The molecule has 0 radical (unpaired) electrons. The molecule has 0 bridgehead atoms. The van der Waals surface area contributed by atoms with Gasteiger partial charge in [0.25, 0.3) is 0 Å². The van der Waals surface area contributed by atoms with Crippen LogP contribution in [0.2, 0.25) is 0 Å². The van der Waals surface area contributed by atoms with Gasteiger partial charge in [0.2, 0.25) is 15.9 Å². The number of nitrogens with one attached hydrogen (secondary N) is 1. The van der Waals surface area contributed by atoms with Gasteiger partial charge in [-0.3, -0.25) is 9.52 Å². The number of hydrogen-bond donors (Lipinski definition) is 2. The molecule has 0 fully saturated rings. The zero-order valence-corrected chi connectivity index (χ0v) is 12.1. The lowest BCUT2D eigenvalue weighted by Gasteiger charge is -2.16. The van der Waals surface area contributed by atoms with Crippen LogP contribution in [0.25, 0.3) is 0 Å². The number of amides is 1. The van der Waals surface area contributed by atoms with E-state index < -0.39 is 15.4 Å². The highest BCUT2D eigenvalue weighted by atomic mass is 32.2. The van der Waals surface area contributed by atoms with E-state index in [0.717, 1.165) is 16.8 Å². The topological polar surface area (TPSA) is 89.3 Å². The second kappa shape index (κ2) is 5.29. The molecule has 18 heavy (non-hydrogen) atoms. The van der Waals surface area contributed by atoms with E-state index in [9.17, 15) is 13.2 Å². The third kappa shape index (κ3) is 4.32. The summed E-state index contributed by atoms with van der Waals surface area (Å²) in [7, 11) is -3.67. The predicted molar refractivity (Wildman–Crippen MR) is 71.3 cm³/mol. The largest absolute Gasteiger partial charge is 0.296 e. The van der Waals surface area contributed by atoms with Crippen LogP contribution in [0.15, 0.2) is 34.1 Å². The first-order chi connectivity index (χ1) is 8.10. The minimum absolute atomic E-state index is 0.0500. The van der Waals surface area contributed by atoms with Gasteiger partial charge in [-0.15, -0.1) is 0 Å². The molecule has 0 unspecified atom stereocenters. The van der Waals surface area contributed by atoms with Gasteiger partial charge in [0.05, 0.1) is 4.90 Å². The van der Waals surface area contributed by atoms with E-state index >= 15 is 0 Å². The van der Waals surface area contributed by atoms with E-state index in [1.54, 1.807) is 12.1 Å². The highest BCUT2D eigenvalue weighted by molar-refractivity contribution is 7.98. The molecule has 0 aliphatic heterocycles. The van der Waals surface area contributed by atoms with Gasteiger partial charge in [-0.05, 0) is 36.2 Å². The zero-order valence-electron chi connectivity index (χ0n) is 10.4. The Hall–Kier alpha value is -1.05. The summed E-state index contributed by atoms with van der Waals surface area (Å²) in [6, 6.07) is 5.99. The Morgan fingerprint density at radius 1 is 1.22 bits per heavy atom. The summed E-state index contributed by atoms with van der Waals surface area (Å²) in [5.74, 6) is -0.0944. The van der Waals surface area contributed by atoms with Gasteiger partial charge in [-0.1, -0.05) is 20.8 Å². The van der Waals surface area contributed by atoms with Crippen molar-refractivity contribution in [3.05, 3.63) is 24.3 Å². The molecule has 7 heteroatoms. The minimum Gasteiger partial charge on any atom is -0.296 e. The van der Waals surface area contributed by atoms with Crippen LogP contribution in [0.5, 0.6) is 0 Å². The van der Waals surface area contributed by atoms with E-state index in [4.69, 9.17) is 5.14 Å². The lowest BCUT2D eigenvalue weighted by molar-refractivity contribution is -0.126. The monoisotopic (exact) mass is 288 g/mol. The zero-order chi connectivity index (χ0) is 14.0. The standard InChI is InChI=1S/C11H16N2O3S2/c1-11(2,3)10(14)13-17-8-4-6-9(7-5-8)18(12,15)16/h4-7H,1-3H3,(H,13,14)(H2,12,15,16). The van der Waals surface area contributed by atoms with Crippen molar-refractivity contribution in [2.24, 2.45) is 10.6 Å². The van der Waals surface area contributed by atoms with Crippen LogP contribution in [0.3, 0.4) is 0 Å². The fraction of sp³-hybridized carbons (Fsp3) is 0.364. The maximum Gasteiger partial charge on any atom is 0.238 e. The first-order valence-corrected chi connectivity index (χ1v) is 7.57. The Morgan fingerprint density at radius 2 is 1.72 bits per heavy atom. The maximum absolute atomic E-state index is 11.6. The Balaban J connectivity index is 2.69. The van der Waals surface area contributed by atoms with Gasteiger partial charge in [0.1, 0.15) is 0 Å². The molecule has 0 aromatic heterocycles. The van der Waals surface area contributed by atoms with Gasteiger partial charge in [0.15, 0.2) is 0 Å². The second-order valence-electron chi connectivity index (χ2n) is 4.80. The molecular weight excluding hydrogens is 272 g/mol. The number of nitrogens with two attached hydrogens (primary N) is 1. The van der Waals surface area contributed by atoms with Crippen molar-refractivity contribution in [3.8, 4) is 0 Å². The second-order valence-corrected chi connectivity index (χ2v) is 7.24. The highest BCUT2D eigenvalue weighted by Gasteiger charge is 2.21. The minimum atomic E-state index is -3.67. The van der Waals surface area contributed by atoms with Crippen LogP contribution < -0.4 is 9.86 Å². The fourth-order valence-corrected chi connectivity index (χ4v) is 2.26. The van der Waals surface area contributed by atoms with Crippen molar-refractivity contribution in [1.29, 1.82) is 0 Å². The Bertz CT molecular complexity index is 530. The van der Waals surface area contributed by atoms with Crippen molar-refractivity contribution in [3.63, 3.8) is 0 Å². The molecule has 1 aromatic rings. The molecule has 1 aromatic carbocycles. The number of sulfonamides is 1. The summed E-state index contributed by atoms with van der Waals surface area (Å²) in [4.78, 5) is 12.4. The SMILES string of the molecule is CC(C)(C)C(=O)NSc1ccc(S(N)(=O)=O)cc1. The van der Waals surface area contributed by atoms with Crippen LogP contribution in [0, 0.1) is 5.41 Å². The number of benzene rings is 1. The smallest absolute Gasteiger partial charge is 0.238 e. The van der Waals surface area contributed by atoms with Crippen LogP contribution in [-0.2, 0) is 14.8 Å². The molecule has 0 saturated carbocycles. The van der Waals surface area contributed by atoms with Gasteiger partial charge in [0, 0.05) is 10.3 Å². The number of primary sulfonamides is 1. The van der Waals surface area contributed by atoms with Gasteiger partial charge >= 0.3 is 0 Å². The average Bonchev–Trinajstić information content (AvgIpc) is 2.24. The molecule has 0 atom stereocenters. The molecule has 0 heterocycles. The molecule has 3 N–H and O–H groups in total. The summed E-state index contributed by atoms with van der Waals surface area (Å²) in [5, 5.41) is 4.98. The summed E-state index contributed by atoms with van der Waals surface area (Å²) >= 11 is 1.14. The van der Waals surface area contributed by atoms with Crippen LogP contribution >= 0.6 is 11.9 Å². The summed E-state index contributed by atoms with van der Waals surface area (Å²) in [6.45, 7) is 5.44. The summed E-state index contributed by atoms with van der Waals surface area (Å²) in [5.41, 5.74) is -0.465. The normalized spacial score (nSPS) is 12.2. The van der Waals surface area contributed by atoms with Crippen molar-refractivity contribution in [2.45, 2.75) is 30.6 Å².